The van der Waals surface area contributed by atoms with Crippen LogP contribution < -0.4 is 29.3 Å². The van der Waals surface area contributed by atoms with Crippen molar-refractivity contribution in [1.29, 1.82) is 0 Å². The van der Waals surface area contributed by atoms with E-state index in [1.54, 1.807) is 12.3 Å². The number of hydrogen-bond acceptors (Lipinski definition) is 14. The van der Waals surface area contributed by atoms with Crippen molar-refractivity contribution >= 4 is 55.4 Å². The Hall–Kier alpha value is -5.95. The van der Waals surface area contributed by atoms with Gasteiger partial charge in [0.2, 0.25) is 5.88 Å². The molecule has 1 spiro atoms. The second-order valence-electron chi connectivity index (χ2n) is 19.7. The second-order valence-corrected chi connectivity index (χ2v) is 21.4. The molecule has 7 heterocycles. The van der Waals surface area contributed by atoms with E-state index in [-0.39, 0.29) is 42.4 Å². The molecule has 1 saturated carbocycles. The Labute approximate surface area is 395 Å². The summed E-state index contributed by atoms with van der Waals surface area (Å²) in [6.07, 6.45) is 8.82. The molecule has 4 atom stereocenters. The lowest BCUT2D eigenvalue weighted by Crippen LogP contribution is -2.55. The number of aromatic nitrogens is 2. The van der Waals surface area contributed by atoms with Crippen LogP contribution in [-0.2, 0) is 19.5 Å². The van der Waals surface area contributed by atoms with Gasteiger partial charge in [0.25, 0.3) is 21.6 Å². The van der Waals surface area contributed by atoms with Crippen LogP contribution in [-0.4, -0.2) is 111 Å². The highest BCUT2D eigenvalue weighted by Gasteiger charge is 2.50. The number of amides is 1. The van der Waals surface area contributed by atoms with Crippen LogP contribution >= 0.6 is 0 Å². The Morgan fingerprint density at radius 1 is 1.03 bits per heavy atom. The van der Waals surface area contributed by atoms with Crippen molar-refractivity contribution < 1.29 is 37.1 Å². The number of aryl methyl sites for hydroxylation is 1. The molecule has 18 heteroatoms. The fourth-order valence-corrected chi connectivity index (χ4v) is 12.6. The quantitative estimate of drug-likeness (QED) is 0.0859. The molecule has 17 nitrogen and oxygen atoms in total. The van der Waals surface area contributed by atoms with Gasteiger partial charge in [-0.3, -0.25) is 19.8 Å². The van der Waals surface area contributed by atoms with E-state index < -0.39 is 43.6 Å². The number of nitrogens with one attached hydrogen (secondary N) is 3. The minimum absolute atomic E-state index is 0.0137. The first-order chi connectivity index (χ1) is 32.8. The molecule has 5 aliphatic heterocycles. The maximum absolute atomic E-state index is 14.7. The average Bonchev–Trinajstić information content (AvgIpc) is 4.00. The zero-order chi connectivity index (χ0) is 46.9. The third-order valence-electron chi connectivity index (χ3n) is 15.1. The van der Waals surface area contributed by atoms with E-state index in [1.807, 2.05) is 38.1 Å². The van der Waals surface area contributed by atoms with Crippen molar-refractivity contribution in [3.8, 4) is 11.6 Å². The van der Waals surface area contributed by atoms with E-state index in [0.29, 0.717) is 60.0 Å². The number of pyridine rings is 1. The number of nitro benzene ring substituents is 1. The fourth-order valence-electron chi connectivity index (χ4n) is 11.6. The van der Waals surface area contributed by atoms with Crippen LogP contribution in [0.2, 0.25) is 0 Å². The molecule has 0 radical (unpaired) electrons. The molecule has 3 saturated heterocycles. The number of sulfonamides is 1. The predicted molar refractivity (Wildman–Crippen MR) is 257 cm³/mol. The van der Waals surface area contributed by atoms with Crippen molar-refractivity contribution in [3.63, 3.8) is 0 Å². The number of nitrogens with zero attached hydrogens (tertiary/aromatic N) is 5. The third kappa shape index (κ3) is 8.17. The lowest BCUT2D eigenvalue weighted by atomic mass is 9.59. The van der Waals surface area contributed by atoms with Crippen molar-refractivity contribution in [3.05, 3.63) is 99.7 Å². The normalized spacial score (nSPS) is 23.5. The summed E-state index contributed by atoms with van der Waals surface area (Å²) < 4.78 is 54.7. The molecule has 1 amide bonds. The standard InChI is InChI=1S/C50H58N8O9S/c1-30(2)65-27-33-28-66-44-24-36(23-42(58(60)61)46(44)52-33)68(62,63)54-48(59)38-11-10-34(22-41(38)57-40-13-20-64-29-45(40)67-49-43(57)21-32-12-16-51-47(32)53-49)55-18-14-50(15-19-55)25-35(26-50)56-17-6-9-39(56)37-8-5-4-7-31(37)3/h4-5,7-8,10-12,16,21-24,30,33,35,39-40,45,52H,6,9,13-15,17-20,25-29H2,1-3H3,(H,51,53)(H,54,59)/t33-,39-,40+,45-/m0/s1. The van der Waals surface area contributed by atoms with Crippen LogP contribution in [0.5, 0.6) is 11.6 Å². The molecule has 3 aromatic carbocycles. The molecule has 5 aromatic rings. The largest absolute Gasteiger partial charge is 0.489 e. The summed E-state index contributed by atoms with van der Waals surface area (Å²) >= 11 is 0. The van der Waals surface area contributed by atoms with Gasteiger partial charge in [0.1, 0.15) is 24.0 Å². The fraction of sp³-hybridized carbons (Fsp3) is 0.480. The summed E-state index contributed by atoms with van der Waals surface area (Å²) in [6.45, 7) is 9.91. The summed E-state index contributed by atoms with van der Waals surface area (Å²) in [5.41, 5.74) is 5.47. The van der Waals surface area contributed by atoms with Gasteiger partial charge in [-0.05, 0) is 119 Å². The number of anilines is 4. The molecule has 1 aliphatic carbocycles. The Kier molecular flexibility index (Phi) is 11.5. The Morgan fingerprint density at radius 3 is 2.65 bits per heavy atom. The van der Waals surface area contributed by atoms with Crippen molar-refractivity contribution in [1.82, 2.24) is 19.6 Å². The van der Waals surface area contributed by atoms with E-state index in [9.17, 15) is 23.3 Å². The van der Waals surface area contributed by atoms with Crippen LogP contribution in [0.1, 0.15) is 86.3 Å². The molecule has 2 aromatic heterocycles. The first kappa shape index (κ1) is 44.5. The molecule has 11 rings (SSSR count). The van der Waals surface area contributed by atoms with Gasteiger partial charge in [-0.1, -0.05) is 24.3 Å². The number of carbonyl (C=O) groups excluding carboxylic acids is 1. The first-order valence-corrected chi connectivity index (χ1v) is 25.4. The Balaban J connectivity index is 0.893. The summed E-state index contributed by atoms with van der Waals surface area (Å²) in [5.74, 6) is -0.542. The van der Waals surface area contributed by atoms with E-state index >= 15 is 0 Å². The average molecular weight is 947 g/mol. The van der Waals surface area contributed by atoms with Gasteiger partial charge in [0.15, 0.2) is 11.4 Å². The van der Waals surface area contributed by atoms with Gasteiger partial charge in [0.05, 0.1) is 52.5 Å². The maximum Gasteiger partial charge on any atom is 0.297 e. The third-order valence-corrected chi connectivity index (χ3v) is 16.4. The van der Waals surface area contributed by atoms with Gasteiger partial charge < -0.3 is 39.0 Å². The zero-order valence-electron chi connectivity index (χ0n) is 38.6. The number of aromatic amines is 1. The minimum atomic E-state index is -4.69. The smallest absolute Gasteiger partial charge is 0.297 e. The zero-order valence-corrected chi connectivity index (χ0v) is 39.4. The molecular formula is C50H58N8O9S. The van der Waals surface area contributed by atoms with E-state index in [0.717, 1.165) is 49.6 Å². The van der Waals surface area contributed by atoms with E-state index in [1.165, 1.54) is 42.9 Å². The van der Waals surface area contributed by atoms with Crippen LogP contribution in [0, 0.1) is 22.5 Å². The maximum atomic E-state index is 14.7. The van der Waals surface area contributed by atoms with Crippen LogP contribution in [0.4, 0.5) is 28.4 Å². The monoisotopic (exact) mass is 946 g/mol. The van der Waals surface area contributed by atoms with Crippen molar-refractivity contribution in [2.24, 2.45) is 5.41 Å². The molecule has 3 N–H and O–H groups in total. The van der Waals surface area contributed by atoms with E-state index in [4.69, 9.17) is 23.9 Å². The number of likely N-dealkylation sites (tertiary alicyclic amines) is 1. The first-order valence-electron chi connectivity index (χ1n) is 24.0. The highest BCUT2D eigenvalue weighted by atomic mass is 32.2. The summed E-state index contributed by atoms with van der Waals surface area (Å²) in [6, 6.07) is 20.8. The molecule has 0 unspecified atom stereocenters. The van der Waals surface area contributed by atoms with Gasteiger partial charge in [0, 0.05) is 61.2 Å². The van der Waals surface area contributed by atoms with Gasteiger partial charge in [-0.25, -0.2) is 13.1 Å². The Bertz CT molecular complexity index is 2870. The number of hydrogen-bond donors (Lipinski definition) is 3. The van der Waals surface area contributed by atoms with Gasteiger partial charge >= 0.3 is 0 Å². The number of H-pyrrole nitrogens is 1. The number of fused-ring (bicyclic) bond motifs is 4. The topological polar surface area (TPSA) is 194 Å². The number of benzene rings is 3. The number of carbonyl (C=O) groups is 1. The SMILES string of the molecule is Cc1ccccc1[C@@H]1CCCN1C1CC2(CCN(c3ccc(C(=O)NS(=O)(=O)c4cc5c(c([N+](=O)[O-])c4)N[C@@H](COC(C)C)CO5)c(N4c5cc6cc[nH]c6nc5O[C@H]5COCC[C@H]54)c3)CC2)C1. The van der Waals surface area contributed by atoms with Gasteiger partial charge in [-0.2, -0.15) is 4.98 Å². The minimum Gasteiger partial charge on any atom is -0.489 e. The van der Waals surface area contributed by atoms with E-state index in [2.05, 4.69) is 60.9 Å². The number of rotatable bonds is 11. The highest BCUT2D eigenvalue weighted by Crippen LogP contribution is 2.55. The molecule has 358 valence electrons. The lowest BCUT2D eigenvalue weighted by Gasteiger charge is -2.56. The predicted octanol–water partition coefficient (Wildman–Crippen LogP) is 7.77. The second kappa shape index (κ2) is 17.5. The summed E-state index contributed by atoms with van der Waals surface area (Å²) in [5, 5.41) is 16.3. The van der Waals surface area contributed by atoms with Crippen LogP contribution in [0.25, 0.3) is 11.0 Å². The molecule has 0 bridgehead atoms. The molecule has 6 aliphatic rings. The summed E-state index contributed by atoms with van der Waals surface area (Å²) in [4.78, 5) is 41.2. The lowest BCUT2D eigenvalue weighted by molar-refractivity contribution is -0.384. The van der Waals surface area contributed by atoms with Crippen LogP contribution in [0.3, 0.4) is 0 Å². The number of ether oxygens (including phenoxy) is 4. The number of nitro groups is 1. The molecular weight excluding hydrogens is 889 g/mol. The number of piperidine rings is 1. The highest BCUT2D eigenvalue weighted by molar-refractivity contribution is 7.90. The van der Waals surface area contributed by atoms with Crippen molar-refractivity contribution in [2.45, 2.75) is 107 Å². The summed E-state index contributed by atoms with van der Waals surface area (Å²) in [7, 11) is -4.69. The van der Waals surface area contributed by atoms with Gasteiger partial charge in [-0.15, -0.1) is 0 Å². The van der Waals surface area contributed by atoms with Crippen LogP contribution in [0.15, 0.2) is 77.8 Å². The molecule has 68 heavy (non-hydrogen) atoms. The molecule has 4 fully saturated rings. The van der Waals surface area contributed by atoms with Crippen molar-refractivity contribution in [2.75, 3.05) is 61.2 Å². The Morgan fingerprint density at radius 2 is 1.85 bits per heavy atom.